The average Bonchev–Trinajstić information content (AvgIpc) is 1.97. The summed E-state index contributed by atoms with van der Waals surface area (Å²) in [6, 6.07) is 0. The number of halogens is 3. The Hall–Kier alpha value is -1.11. The first-order valence-corrected chi connectivity index (χ1v) is 8.10. The number of alkyl halides is 3. The van der Waals surface area contributed by atoms with Gasteiger partial charge in [-0.05, 0) is 26.6 Å². The van der Waals surface area contributed by atoms with Crippen LogP contribution in [0.5, 0.6) is 5.88 Å². The minimum Gasteiger partial charge on any atom is -0.531 e. The maximum atomic E-state index is 12.6. The van der Waals surface area contributed by atoms with E-state index < -0.39 is 20.1 Å². The lowest BCUT2D eigenvalue weighted by atomic mass is 10.3. The Morgan fingerprint density at radius 2 is 1.81 bits per heavy atom. The second kappa shape index (κ2) is 4.04. The van der Waals surface area contributed by atoms with Gasteiger partial charge in [-0.1, -0.05) is 0 Å². The average molecular weight is 250 g/mol. The monoisotopic (exact) mass is 250 g/mol. The van der Waals surface area contributed by atoms with Crippen LogP contribution >= 0.6 is 0 Å². The lowest BCUT2D eigenvalue weighted by Gasteiger charge is -2.21. The first-order valence-electron chi connectivity index (χ1n) is 4.69. The van der Waals surface area contributed by atoms with E-state index in [0.29, 0.717) is 0 Å². The van der Waals surface area contributed by atoms with Gasteiger partial charge in [-0.2, -0.15) is 18.2 Å². The molecule has 0 fully saturated rings. The van der Waals surface area contributed by atoms with Gasteiger partial charge in [0.15, 0.2) is 0 Å². The zero-order valence-electron chi connectivity index (χ0n) is 9.51. The van der Waals surface area contributed by atoms with Gasteiger partial charge in [0.1, 0.15) is 11.4 Å². The molecule has 1 heterocycles. The summed E-state index contributed by atoms with van der Waals surface area (Å²) < 4.78 is 43.1. The van der Waals surface area contributed by atoms with Gasteiger partial charge < -0.3 is 4.43 Å². The van der Waals surface area contributed by atoms with Crippen molar-refractivity contribution in [1.82, 2.24) is 9.97 Å². The minimum absolute atomic E-state index is 0.265. The number of aryl methyl sites for hydroxylation is 1. The van der Waals surface area contributed by atoms with Gasteiger partial charge in [0, 0.05) is 6.20 Å². The Morgan fingerprint density at radius 1 is 1.25 bits per heavy atom. The van der Waals surface area contributed by atoms with Crippen molar-refractivity contribution in [1.29, 1.82) is 0 Å². The third-order valence-electron chi connectivity index (χ3n) is 1.58. The zero-order chi connectivity index (χ0) is 12.6. The van der Waals surface area contributed by atoms with E-state index in [0.717, 1.165) is 6.20 Å². The van der Waals surface area contributed by atoms with Crippen LogP contribution in [0, 0.1) is 6.92 Å². The SMILES string of the molecule is Cc1ncc(C(F)(F)F)c(O[Si](C)(C)C)n1. The van der Waals surface area contributed by atoms with E-state index in [1.54, 1.807) is 19.6 Å². The van der Waals surface area contributed by atoms with Crippen LogP contribution in [0.3, 0.4) is 0 Å². The molecule has 7 heteroatoms. The molecular formula is C9H13F3N2OSi. The smallest absolute Gasteiger partial charge is 0.423 e. The van der Waals surface area contributed by atoms with Gasteiger partial charge in [0.25, 0.3) is 0 Å². The molecule has 0 aromatic carbocycles. The molecule has 0 N–H and O–H groups in total. The largest absolute Gasteiger partial charge is 0.531 e. The summed E-state index contributed by atoms with van der Waals surface area (Å²) in [5.41, 5.74) is -0.916. The number of nitrogens with zero attached hydrogens (tertiary/aromatic N) is 2. The van der Waals surface area contributed by atoms with Crippen LogP contribution in [0.1, 0.15) is 11.4 Å². The van der Waals surface area contributed by atoms with E-state index in [9.17, 15) is 13.2 Å². The third-order valence-corrected chi connectivity index (χ3v) is 2.39. The quantitative estimate of drug-likeness (QED) is 0.757. The van der Waals surface area contributed by atoms with Crippen LogP contribution in [0.2, 0.25) is 19.6 Å². The molecular weight excluding hydrogens is 237 g/mol. The molecule has 0 aliphatic heterocycles. The van der Waals surface area contributed by atoms with Gasteiger partial charge >= 0.3 is 6.18 Å². The first kappa shape index (κ1) is 13.0. The van der Waals surface area contributed by atoms with Crippen molar-refractivity contribution in [2.45, 2.75) is 32.7 Å². The van der Waals surface area contributed by atoms with Gasteiger partial charge in [0.2, 0.25) is 14.2 Å². The normalized spacial score (nSPS) is 12.7. The van der Waals surface area contributed by atoms with Crippen molar-refractivity contribution in [2.75, 3.05) is 0 Å². The second-order valence-corrected chi connectivity index (χ2v) is 8.78. The first-order chi connectivity index (χ1) is 7.09. The number of hydrogen-bond donors (Lipinski definition) is 0. The Kier molecular flexibility index (Phi) is 3.27. The van der Waals surface area contributed by atoms with Gasteiger partial charge in [0.05, 0.1) is 0 Å². The molecule has 0 bridgehead atoms. The lowest BCUT2D eigenvalue weighted by molar-refractivity contribution is -0.139. The van der Waals surface area contributed by atoms with E-state index >= 15 is 0 Å². The molecule has 0 amide bonds. The lowest BCUT2D eigenvalue weighted by Crippen LogP contribution is -2.31. The molecule has 0 aliphatic rings. The Morgan fingerprint density at radius 3 is 2.25 bits per heavy atom. The predicted molar refractivity (Wildman–Crippen MR) is 55.7 cm³/mol. The Bertz CT molecular complexity index is 387. The molecule has 1 aromatic heterocycles. The predicted octanol–water partition coefficient (Wildman–Crippen LogP) is 3.02. The fourth-order valence-electron chi connectivity index (χ4n) is 1.01. The molecule has 0 spiro atoms. The summed E-state index contributed by atoms with van der Waals surface area (Å²) in [5.74, 6) is -0.0968. The standard InChI is InChI=1S/C9H13F3N2OSi/c1-6-13-5-7(9(10,11)12)8(14-6)15-16(2,3)4/h5H,1-4H3. The summed E-state index contributed by atoms with van der Waals surface area (Å²) >= 11 is 0. The highest BCUT2D eigenvalue weighted by Crippen LogP contribution is 2.35. The number of hydrogen-bond acceptors (Lipinski definition) is 3. The minimum atomic E-state index is -4.48. The number of rotatable bonds is 2. The number of aromatic nitrogens is 2. The van der Waals surface area contributed by atoms with E-state index in [1.807, 2.05) is 0 Å². The summed E-state index contributed by atoms with van der Waals surface area (Å²) in [5, 5.41) is 0. The van der Waals surface area contributed by atoms with Crippen LogP contribution in [-0.2, 0) is 6.18 Å². The van der Waals surface area contributed by atoms with Gasteiger partial charge in [-0.25, -0.2) is 4.98 Å². The molecule has 0 unspecified atom stereocenters. The highest BCUT2D eigenvalue weighted by atomic mass is 28.4. The molecule has 0 atom stereocenters. The summed E-state index contributed by atoms with van der Waals surface area (Å²) in [6.07, 6.45) is -3.72. The van der Waals surface area contributed by atoms with Gasteiger partial charge in [-0.3, -0.25) is 0 Å². The van der Waals surface area contributed by atoms with Crippen LogP contribution in [0.25, 0.3) is 0 Å². The van der Waals surface area contributed by atoms with Crippen molar-refractivity contribution in [2.24, 2.45) is 0 Å². The summed E-state index contributed by atoms with van der Waals surface area (Å²) in [4.78, 5) is 7.25. The molecule has 1 rings (SSSR count). The summed E-state index contributed by atoms with van der Waals surface area (Å²) in [6.45, 7) is 6.91. The van der Waals surface area contributed by atoms with E-state index in [2.05, 4.69) is 9.97 Å². The fraction of sp³-hybridized carbons (Fsp3) is 0.556. The van der Waals surface area contributed by atoms with Crippen molar-refractivity contribution < 1.29 is 17.6 Å². The van der Waals surface area contributed by atoms with Crippen LogP contribution in [0.15, 0.2) is 6.20 Å². The molecule has 16 heavy (non-hydrogen) atoms. The maximum absolute atomic E-state index is 12.6. The van der Waals surface area contributed by atoms with E-state index in [1.165, 1.54) is 6.92 Å². The van der Waals surface area contributed by atoms with E-state index in [4.69, 9.17) is 4.43 Å². The maximum Gasteiger partial charge on any atom is 0.423 e. The summed E-state index contributed by atoms with van der Waals surface area (Å²) in [7, 11) is -2.12. The van der Waals surface area contributed by atoms with Crippen molar-refractivity contribution >= 4 is 8.32 Å². The molecule has 1 aromatic rings. The molecule has 0 saturated carbocycles. The van der Waals surface area contributed by atoms with Crippen molar-refractivity contribution in [3.8, 4) is 5.88 Å². The third kappa shape index (κ3) is 3.48. The molecule has 3 nitrogen and oxygen atoms in total. The van der Waals surface area contributed by atoms with Crippen molar-refractivity contribution in [3.63, 3.8) is 0 Å². The van der Waals surface area contributed by atoms with Crippen LogP contribution < -0.4 is 4.43 Å². The second-order valence-electron chi connectivity index (χ2n) is 4.35. The Labute approximate surface area is 92.8 Å². The molecule has 0 radical (unpaired) electrons. The van der Waals surface area contributed by atoms with E-state index in [-0.39, 0.29) is 11.7 Å². The molecule has 0 saturated heterocycles. The van der Waals surface area contributed by atoms with Crippen LogP contribution in [0.4, 0.5) is 13.2 Å². The zero-order valence-corrected chi connectivity index (χ0v) is 10.5. The van der Waals surface area contributed by atoms with Crippen molar-refractivity contribution in [3.05, 3.63) is 17.6 Å². The molecule has 90 valence electrons. The topological polar surface area (TPSA) is 35.0 Å². The highest BCUT2D eigenvalue weighted by molar-refractivity contribution is 6.70. The van der Waals surface area contributed by atoms with Gasteiger partial charge in [-0.15, -0.1) is 0 Å². The molecule has 0 aliphatic carbocycles. The van der Waals surface area contributed by atoms with Crippen LogP contribution in [-0.4, -0.2) is 18.3 Å². The Balaban J connectivity index is 3.19. The fourth-order valence-corrected chi connectivity index (χ4v) is 1.75. The highest BCUT2D eigenvalue weighted by Gasteiger charge is 2.37.